The van der Waals surface area contributed by atoms with Gasteiger partial charge in [-0.25, -0.2) is 4.79 Å². The van der Waals surface area contributed by atoms with Gasteiger partial charge in [0.2, 0.25) is 6.29 Å². The summed E-state index contributed by atoms with van der Waals surface area (Å²) >= 11 is 3.28. The van der Waals surface area contributed by atoms with Crippen LogP contribution in [0.3, 0.4) is 0 Å². The molecule has 0 saturated heterocycles. The number of carbonyl (C=O) groups is 2. The lowest BCUT2D eigenvalue weighted by Crippen LogP contribution is -2.28. The average molecular weight is 337 g/mol. The molecule has 0 amide bonds. The number of phenolic OH excluding ortho intramolecular Hbond substituents is 1. The highest BCUT2D eigenvalue weighted by Crippen LogP contribution is 2.38. The van der Waals surface area contributed by atoms with Gasteiger partial charge < -0.3 is 14.9 Å². The molecule has 0 spiro atoms. The fourth-order valence-electron chi connectivity index (χ4n) is 2.49. The number of carbonyl (C=O) groups excluding carboxylic acids is 2. The van der Waals surface area contributed by atoms with Gasteiger partial charge in [0.1, 0.15) is 5.75 Å². The zero-order valence-corrected chi connectivity index (χ0v) is 11.7. The third kappa shape index (κ3) is 1.80. The van der Waals surface area contributed by atoms with Crippen LogP contribution in [0.1, 0.15) is 26.3 Å². The zero-order chi connectivity index (χ0) is 14.4. The highest BCUT2D eigenvalue weighted by Gasteiger charge is 2.31. The summed E-state index contributed by atoms with van der Waals surface area (Å²) in [7, 11) is 0. The van der Waals surface area contributed by atoms with Crippen LogP contribution in [0.25, 0.3) is 10.8 Å². The molecule has 1 aliphatic rings. The second-order valence-corrected chi connectivity index (χ2v) is 5.40. The van der Waals surface area contributed by atoms with Gasteiger partial charge in [0.25, 0.3) is 0 Å². The third-order valence-corrected chi connectivity index (χ3v) is 3.83. The predicted octanol–water partition coefficient (Wildman–Crippen LogP) is 2.15. The summed E-state index contributed by atoms with van der Waals surface area (Å²) in [5, 5.41) is 20.6. The van der Waals surface area contributed by atoms with Gasteiger partial charge in [0.05, 0.1) is 11.1 Å². The number of rotatable bonds is 1. The van der Waals surface area contributed by atoms with Crippen molar-refractivity contribution in [1.82, 2.24) is 0 Å². The van der Waals surface area contributed by atoms with Crippen LogP contribution in [0.2, 0.25) is 0 Å². The lowest BCUT2D eigenvalue weighted by Gasteiger charge is -2.24. The lowest BCUT2D eigenvalue weighted by atomic mass is 9.90. The Morgan fingerprint density at radius 3 is 2.80 bits per heavy atom. The molecule has 2 N–H and O–H groups in total. The van der Waals surface area contributed by atoms with E-state index in [0.717, 1.165) is 0 Å². The zero-order valence-electron chi connectivity index (χ0n) is 10.1. The molecule has 102 valence electrons. The van der Waals surface area contributed by atoms with E-state index in [9.17, 15) is 19.8 Å². The molecule has 2 aromatic rings. The fourth-order valence-corrected chi connectivity index (χ4v) is 2.85. The Morgan fingerprint density at radius 1 is 1.35 bits per heavy atom. The van der Waals surface area contributed by atoms with Crippen LogP contribution in [0, 0.1) is 0 Å². The van der Waals surface area contributed by atoms with Gasteiger partial charge in [0, 0.05) is 21.7 Å². The maximum absolute atomic E-state index is 12.0. The van der Waals surface area contributed by atoms with Crippen LogP contribution in [0.4, 0.5) is 0 Å². The summed E-state index contributed by atoms with van der Waals surface area (Å²) in [6.07, 6.45) is -0.838. The number of phenols is 1. The number of aldehydes is 1. The first-order chi connectivity index (χ1) is 9.52. The number of esters is 1. The lowest BCUT2D eigenvalue weighted by molar-refractivity contribution is -0.0685. The number of halogens is 1. The minimum absolute atomic E-state index is 0.0151. The molecule has 6 heteroatoms. The SMILES string of the molecule is O=Cc1c2c(c3ccc(Br)cc3c1O)C(=O)OC(O)C2. The van der Waals surface area contributed by atoms with Crippen molar-refractivity contribution in [3.05, 3.63) is 39.4 Å². The largest absolute Gasteiger partial charge is 0.507 e. The molecule has 5 nitrogen and oxygen atoms in total. The van der Waals surface area contributed by atoms with Crippen LogP contribution in [0.15, 0.2) is 22.7 Å². The van der Waals surface area contributed by atoms with E-state index in [2.05, 4.69) is 15.9 Å². The van der Waals surface area contributed by atoms with E-state index >= 15 is 0 Å². The number of aliphatic hydroxyl groups excluding tert-OH is 1. The fraction of sp³-hybridized carbons (Fsp3) is 0.143. The summed E-state index contributed by atoms with van der Waals surface area (Å²) in [4.78, 5) is 23.2. The van der Waals surface area contributed by atoms with Gasteiger partial charge in [-0.15, -0.1) is 0 Å². The van der Waals surface area contributed by atoms with Crippen molar-refractivity contribution in [2.75, 3.05) is 0 Å². The van der Waals surface area contributed by atoms with E-state index in [1.807, 2.05) is 0 Å². The quantitative estimate of drug-likeness (QED) is 0.615. The Morgan fingerprint density at radius 2 is 2.10 bits per heavy atom. The second kappa shape index (κ2) is 4.57. The van der Waals surface area contributed by atoms with Crippen molar-refractivity contribution in [3.8, 4) is 5.75 Å². The summed E-state index contributed by atoms with van der Waals surface area (Å²) in [6.45, 7) is 0. The van der Waals surface area contributed by atoms with E-state index < -0.39 is 12.3 Å². The van der Waals surface area contributed by atoms with Crippen molar-refractivity contribution in [3.63, 3.8) is 0 Å². The van der Waals surface area contributed by atoms with Crippen molar-refractivity contribution in [2.24, 2.45) is 0 Å². The molecule has 1 atom stereocenters. The molecule has 0 fully saturated rings. The molecule has 0 aromatic heterocycles. The number of hydrogen-bond donors (Lipinski definition) is 2. The van der Waals surface area contributed by atoms with E-state index in [4.69, 9.17) is 4.74 Å². The van der Waals surface area contributed by atoms with E-state index in [1.165, 1.54) is 0 Å². The predicted molar refractivity (Wildman–Crippen MR) is 73.8 cm³/mol. The number of fused-ring (bicyclic) bond motifs is 3. The van der Waals surface area contributed by atoms with Crippen molar-refractivity contribution in [1.29, 1.82) is 0 Å². The van der Waals surface area contributed by atoms with Gasteiger partial charge in [-0.3, -0.25) is 4.79 Å². The number of hydrogen-bond acceptors (Lipinski definition) is 5. The average Bonchev–Trinajstić information content (AvgIpc) is 2.39. The summed E-state index contributed by atoms with van der Waals surface area (Å²) in [5.41, 5.74) is 0.551. The monoisotopic (exact) mass is 336 g/mol. The van der Waals surface area contributed by atoms with E-state index in [-0.39, 0.29) is 23.3 Å². The highest BCUT2D eigenvalue weighted by atomic mass is 79.9. The number of ether oxygens (including phenoxy) is 1. The van der Waals surface area contributed by atoms with E-state index in [0.29, 0.717) is 27.1 Å². The highest BCUT2D eigenvalue weighted by molar-refractivity contribution is 9.10. The molecule has 0 bridgehead atoms. The van der Waals surface area contributed by atoms with Crippen LogP contribution >= 0.6 is 15.9 Å². The summed E-state index contributed by atoms with van der Waals surface area (Å²) in [6, 6.07) is 5.00. The summed E-state index contributed by atoms with van der Waals surface area (Å²) in [5.74, 6) is -0.897. The van der Waals surface area contributed by atoms with Crippen LogP contribution < -0.4 is 0 Å². The van der Waals surface area contributed by atoms with Gasteiger partial charge in [0.15, 0.2) is 6.29 Å². The van der Waals surface area contributed by atoms with Crippen LogP contribution in [-0.2, 0) is 11.2 Å². The molecule has 2 aromatic carbocycles. The van der Waals surface area contributed by atoms with Gasteiger partial charge in [-0.05, 0) is 17.7 Å². The van der Waals surface area contributed by atoms with Crippen LogP contribution in [0.5, 0.6) is 5.75 Å². The molecule has 20 heavy (non-hydrogen) atoms. The standard InChI is InChI=1S/C14H9BrO5/c15-6-1-2-7-9(3-6)13(18)10(5-16)8-4-11(17)20-14(19)12(7)8/h1-3,5,11,17-18H,4H2. The minimum Gasteiger partial charge on any atom is -0.507 e. The molecule has 0 aliphatic carbocycles. The smallest absolute Gasteiger partial charge is 0.341 e. The molecule has 0 radical (unpaired) electrons. The first-order valence-corrected chi connectivity index (χ1v) is 6.63. The molecular formula is C14H9BrO5. The molecule has 3 rings (SSSR count). The Kier molecular flexibility index (Phi) is 2.99. The minimum atomic E-state index is -1.30. The van der Waals surface area contributed by atoms with Crippen molar-refractivity contribution < 1.29 is 24.5 Å². The molecule has 1 unspecified atom stereocenters. The Hall–Kier alpha value is -1.92. The Balaban J connectivity index is 2.49. The maximum Gasteiger partial charge on any atom is 0.341 e. The van der Waals surface area contributed by atoms with Gasteiger partial charge in [-0.2, -0.15) is 0 Å². The second-order valence-electron chi connectivity index (χ2n) is 4.49. The van der Waals surface area contributed by atoms with Gasteiger partial charge in [-0.1, -0.05) is 22.0 Å². The number of benzene rings is 2. The maximum atomic E-state index is 12.0. The normalized spacial score (nSPS) is 17.7. The first kappa shape index (κ1) is 13.1. The van der Waals surface area contributed by atoms with Crippen molar-refractivity contribution >= 4 is 39.0 Å². The summed E-state index contributed by atoms with van der Waals surface area (Å²) < 4.78 is 5.51. The first-order valence-electron chi connectivity index (χ1n) is 5.84. The van der Waals surface area contributed by atoms with Crippen LogP contribution in [-0.4, -0.2) is 28.8 Å². The molecule has 1 aliphatic heterocycles. The number of cyclic esters (lactones) is 1. The topological polar surface area (TPSA) is 83.8 Å². The molecule has 0 saturated carbocycles. The Bertz CT molecular complexity index is 753. The molecule has 1 heterocycles. The number of aliphatic hydroxyl groups is 1. The van der Waals surface area contributed by atoms with Gasteiger partial charge >= 0.3 is 5.97 Å². The van der Waals surface area contributed by atoms with E-state index in [1.54, 1.807) is 18.2 Å². The molecular weight excluding hydrogens is 328 g/mol. The third-order valence-electron chi connectivity index (χ3n) is 3.33. The Labute approximate surface area is 121 Å². The van der Waals surface area contributed by atoms with Crippen molar-refractivity contribution in [2.45, 2.75) is 12.7 Å². The number of aromatic hydroxyl groups is 1.